The van der Waals surface area contributed by atoms with E-state index in [0.29, 0.717) is 32.5 Å². The second-order valence-corrected chi connectivity index (χ2v) is 6.93. The molecule has 2 N–H and O–H groups in total. The smallest absolute Gasteiger partial charge is 0.238 e. The SMILES string of the molecule is NC(=O)C1(C(=O)N2CCO[C@@H](CC3CCCCC3)C2)CC1. The van der Waals surface area contributed by atoms with E-state index in [1.165, 1.54) is 32.1 Å². The molecule has 2 aliphatic carbocycles. The Labute approximate surface area is 126 Å². The standard InChI is InChI=1S/C16H26N2O3/c17-14(19)16(6-7-16)15(20)18-8-9-21-13(11-18)10-12-4-2-1-3-5-12/h12-13H,1-11H2,(H2,17,19)/t13-/m0/s1. The van der Waals surface area contributed by atoms with Crippen molar-refractivity contribution in [1.29, 1.82) is 0 Å². The highest BCUT2D eigenvalue weighted by molar-refractivity contribution is 6.07. The Morgan fingerprint density at radius 1 is 1.19 bits per heavy atom. The zero-order chi connectivity index (χ0) is 14.9. The molecule has 0 bridgehead atoms. The average Bonchev–Trinajstić information content (AvgIpc) is 3.29. The van der Waals surface area contributed by atoms with E-state index < -0.39 is 11.3 Å². The quantitative estimate of drug-likeness (QED) is 0.798. The van der Waals surface area contributed by atoms with Crippen molar-refractivity contribution < 1.29 is 14.3 Å². The molecule has 2 saturated carbocycles. The Bertz CT molecular complexity index is 414. The van der Waals surface area contributed by atoms with Crippen molar-refractivity contribution in [3.8, 4) is 0 Å². The van der Waals surface area contributed by atoms with Crippen molar-refractivity contribution in [3.63, 3.8) is 0 Å². The molecule has 3 rings (SSSR count). The molecule has 5 nitrogen and oxygen atoms in total. The predicted octanol–water partition coefficient (Wildman–Crippen LogP) is 1.45. The number of amides is 2. The number of primary amides is 1. The maximum absolute atomic E-state index is 12.5. The van der Waals surface area contributed by atoms with Crippen LogP contribution in [0.25, 0.3) is 0 Å². The molecule has 0 radical (unpaired) electrons. The Morgan fingerprint density at radius 3 is 2.52 bits per heavy atom. The maximum atomic E-state index is 12.5. The highest BCUT2D eigenvalue weighted by Crippen LogP contribution is 2.47. The van der Waals surface area contributed by atoms with Gasteiger partial charge in [0.1, 0.15) is 5.41 Å². The summed E-state index contributed by atoms with van der Waals surface area (Å²) in [4.78, 5) is 25.9. The largest absolute Gasteiger partial charge is 0.375 e. The Hall–Kier alpha value is -1.10. The van der Waals surface area contributed by atoms with Crippen LogP contribution in [-0.2, 0) is 14.3 Å². The molecular weight excluding hydrogens is 268 g/mol. The third-order valence-corrected chi connectivity index (χ3v) is 5.38. The summed E-state index contributed by atoms with van der Waals surface area (Å²) in [5.41, 5.74) is 4.52. The van der Waals surface area contributed by atoms with Crippen LogP contribution < -0.4 is 5.73 Å². The number of rotatable bonds is 4. The fraction of sp³-hybridized carbons (Fsp3) is 0.875. The molecule has 3 aliphatic rings. The van der Waals surface area contributed by atoms with Crippen LogP contribution in [0.5, 0.6) is 0 Å². The van der Waals surface area contributed by atoms with E-state index in [1.807, 2.05) is 4.90 Å². The van der Waals surface area contributed by atoms with Gasteiger partial charge in [-0.2, -0.15) is 0 Å². The van der Waals surface area contributed by atoms with Crippen molar-refractivity contribution in [3.05, 3.63) is 0 Å². The summed E-state index contributed by atoms with van der Waals surface area (Å²) in [5, 5.41) is 0. The van der Waals surface area contributed by atoms with E-state index >= 15 is 0 Å². The minimum Gasteiger partial charge on any atom is -0.375 e. The molecule has 21 heavy (non-hydrogen) atoms. The molecule has 5 heteroatoms. The topological polar surface area (TPSA) is 72.6 Å². The van der Waals surface area contributed by atoms with Gasteiger partial charge in [-0.15, -0.1) is 0 Å². The molecule has 3 fully saturated rings. The number of hydrogen-bond acceptors (Lipinski definition) is 3. The fourth-order valence-electron chi connectivity index (χ4n) is 3.83. The van der Waals surface area contributed by atoms with E-state index in [1.54, 1.807) is 0 Å². The molecule has 0 spiro atoms. The molecule has 1 saturated heterocycles. The molecule has 0 aromatic rings. The van der Waals surface area contributed by atoms with Gasteiger partial charge in [0.15, 0.2) is 0 Å². The number of morpholine rings is 1. The fourth-order valence-corrected chi connectivity index (χ4v) is 3.83. The zero-order valence-electron chi connectivity index (χ0n) is 12.7. The van der Waals surface area contributed by atoms with Gasteiger partial charge < -0.3 is 15.4 Å². The van der Waals surface area contributed by atoms with Crippen LogP contribution in [0, 0.1) is 11.3 Å². The third-order valence-electron chi connectivity index (χ3n) is 5.38. The van der Waals surface area contributed by atoms with E-state index in [4.69, 9.17) is 10.5 Å². The normalized spacial score (nSPS) is 29.1. The number of nitrogens with two attached hydrogens (primary N) is 1. The third kappa shape index (κ3) is 3.07. The lowest BCUT2D eigenvalue weighted by Gasteiger charge is -2.36. The highest BCUT2D eigenvalue weighted by atomic mass is 16.5. The van der Waals surface area contributed by atoms with Crippen molar-refractivity contribution >= 4 is 11.8 Å². The van der Waals surface area contributed by atoms with Crippen LogP contribution in [0.4, 0.5) is 0 Å². The minimum absolute atomic E-state index is 0.0630. The van der Waals surface area contributed by atoms with Gasteiger partial charge in [0.2, 0.25) is 11.8 Å². The van der Waals surface area contributed by atoms with E-state index in [2.05, 4.69) is 0 Å². The molecule has 1 aliphatic heterocycles. The second kappa shape index (κ2) is 5.95. The molecule has 0 unspecified atom stereocenters. The Morgan fingerprint density at radius 2 is 1.90 bits per heavy atom. The minimum atomic E-state index is -0.882. The summed E-state index contributed by atoms with van der Waals surface area (Å²) in [7, 11) is 0. The molecule has 0 aromatic carbocycles. The summed E-state index contributed by atoms with van der Waals surface area (Å²) in [5.74, 6) is 0.222. The van der Waals surface area contributed by atoms with E-state index in [-0.39, 0.29) is 12.0 Å². The van der Waals surface area contributed by atoms with Crippen LogP contribution in [0.15, 0.2) is 0 Å². The van der Waals surface area contributed by atoms with Crippen LogP contribution >= 0.6 is 0 Å². The highest BCUT2D eigenvalue weighted by Gasteiger charge is 2.57. The lowest BCUT2D eigenvalue weighted by atomic mass is 9.85. The lowest BCUT2D eigenvalue weighted by molar-refractivity contribution is -0.149. The number of carbonyl (C=O) groups is 2. The molecule has 1 heterocycles. The Kier molecular flexibility index (Phi) is 4.20. The van der Waals surface area contributed by atoms with E-state index in [9.17, 15) is 9.59 Å². The molecule has 0 aromatic heterocycles. The Balaban J connectivity index is 1.55. The zero-order valence-corrected chi connectivity index (χ0v) is 12.7. The van der Waals surface area contributed by atoms with Gasteiger partial charge in [0, 0.05) is 13.1 Å². The molecule has 118 valence electrons. The van der Waals surface area contributed by atoms with E-state index in [0.717, 1.165) is 12.3 Å². The maximum Gasteiger partial charge on any atom is 0.238 e. The summed E-state index contributed by atoms with van der Waals surface area (Å²) in [6, 6.07) is 0. The van der Waals surface area contributed by atoms with Crippen molar-refractivity contribution in [1.82, 2.24) is 4.90 Å². The molecule has 1 atom stereocenters. The van der Waals surface area contributed by atoms with Crippen LogP contribution in [0.2, 0.25) is 0 Å². The predicted molar refractivity (Wildman–Crippen MR) is 78.4 cm³/mol. The second-order valence-electron chi connectivity index (χ2n) is 6.93. The lowest BCUT2D eigenvalue weighted by Crippen LogP contribution is -2.51. The summed E-state index contributed by atoms with van der Waals surface area (Å²) in [6.07, 6.45) is 9.00. The molecular formula is C16H26N2O3. The van der Waals surface area contributed by atoms with Crippen LogP contribution in [0.1, 0.15) is 51.4 Å². The summed E-state index contributed by atoms with van der Waals surface area (Å²) >= 11 is 0. The first-order chi connectivity index (χ1) is 10.1. The van der Waals surface area contributed by atoms with Crippen molar-refractivity contribution in [2.45, 2.75) is 57.5 Å². The number of carbonyl (C=O) groups excluding carboxylic acids is 2. The van der Waals surface area contributed by atoms with Crippen LogP contribution in [0.3, 0.4) is 0 Å². The first-order valence-electron chi connectivity index (χ1n) is 8.33. The van der Waals surface area contributed by atoms with Gasteiger partial charge in [0.05, 0.1) is 12.7 Å². The van der Waals surface area contributed by atoms with Gasteiger partial charge in [-0.3, -0.25) is 9.59 Å². The van der Waals surface area contributed by atoms with Gasteiger partial charge in [-0.1, -0.05) is 32.1 Å². The van der Waals surface area contributed by atoms with Crippen LogP contribution in [-0.4, -0.2) is 42.5 Å². The molecule has 2 amide bonds. The summed E-state index contributed by atoms with van der Waals surface area (Å²) < 4.78 is 5.84. The monoisotopic (exact) mass is 294 g/mol. The first-order valence-corrected chi connectivity index (χ1v) is 8.33. The van der Waals surface area contributed by atoms with Crippen molar-refractivity contribution in [2.75, 3.05) is 19.7 Å². The van der Waals surface area contributed by atoms with Gasteiger partial charge in [-0.05, 0) is 25.2 Å². The number of ether oxygens (including phenoxy) is 1. The number of nitrogens with zero attached hydrogens (tertiary/aromatic N) is 1. The van der Waals surface area contributed by atoms with Gasteiger partial charge in [-0.25, -0.2) is 0 Å². The first kappa shape index (κ1) is 14.8. The van der Waals surface area contributed by atoms with Gasteiger partial charge >= 0.3 is 0 Å². The average molecular weight is 294 g/mol. The number of hydrogen-bond donors (Lipinski definition) is 1. The van der Waals surface area contributed by atoms with Gasteiger partial charge in [0.25, 0.3) is 0 Å². The van der Waals surface area contributed by atoms with Crippen molar-refractivity contribution in [2.24, 2.45) is 17.1 Å². The summed E-state index contributed by atoms with van der Waals surface area (Å²) in [6.45, 7) is 1.80.